The number of carbonyl (C=O) groups is 1. The maximum absolute atomic E-state index is 12.0. The number of hydrogen-bond acceptors (Lipinski definition) is 3. The first-order valence-electron chi connectivity index (χ1n) is 7.26. The van der Waals surface area contributed by atoms with E-state index in [2.05, 4.69) is 15.5 Å². The summed E-state index contributed by atoms with van der Waals surface area (Å²) in [6, 6.07) is 9.41. The van der Waals surface area contributed by atoms with Gasteiger partial charge in [0.15, 0.2) is 5.82 Å². The standard InChI is InChI=1S/C16H15Cl2N5O/c1-11-5-15(20-16(24)10-22-9-14(18)7-19-22)21-23(11)8-12-3-2-4-13(17)6-12/h2-7,9H,8,10H2,1H3,(H,20,21,24). The topological polar surface area (TPSA) is 64.7 Å². The maximum Gasteiger partial charge on any atom is 0.247 e. The summed E-state index contributed by atoms with van der Waals surface area (Å²) in [4.78, 5) is 12.0. The molecule has 3 rings (SSSR count). The summed E-state index contributed by atoms with van der Waals surface area (Å²) in [6.07, 6.45) is 3.07. The van der Waals surface area contributed by atoms with E-state index >= 15 is 0 Å². The molecule has 0 saturated carbocycles. The van der Waals surface area contributed by atoms with Crippen molar-refractivity contribution in [1.82, 2.24) is 19.6 Å². The minimum absolute atomic E-state index is 0.0763. The Hall–Kier alpha value is -2.31. The molecule has 1 aromatic carbocycles. The first kappa shape index (κ1) is 16.5. The monoisotopic (exact) mass is 363 g/mol. The Morgan fingerprint density at radius 3 is 2.79 bits per heavy atom. The average Bonchev–Trinajstić information content (AvgIpc) is 3.05. The van der Waals surface area contributed by atoms with Gasteiger partial charge in [0, 0.05) is 23.0 Å². The van der Waals surface area contributed by atoms with Gasteiger partial charge in [-0.2, -0.15) is 10.2 Å². The molecule has 24 heavy (non-hydrogen) atoms. The summed E-state index contributed by atoms with van der Waals surface area (Å²) in [7, 11) is 0. The van der Waals surface area contributed by atoms with Crippen molar-refractivity contribution in [2.24, 2.45) is 0 Å². The van der Waals surface area contributed by atoms with E-state index in [4.69, 9.17) is 23.2 Å². The van der Waals surface area contributed by atoms with Crippen molar-refractivity contribution in [3.05, 3.63) is 64.0 Å². The fourth-order valence-electron chi connectivity index (χ4n) is 2.29. The van der Waals surface area contributed by atoms with E-state index < -0.39 is 0 Å². The molecule has 2 heterocycles. The second-order valence-electron chi connectivity index (χ2n) is 5.36. The van der Waals surface area contributed by atoms with Crippen molar-refractivity contribution >= 4 is 34.9 Å². The molecule has 0 aliphatic carbocycles. The number of nitrogens with one attached hydrogen (secondary N) is 1. The highest BCUT2D eigenvalue weighted by Crippen LogP contribution is 2.15. The summed E-state index contributed by atoms with van der Waals surface area (Å²) in [6.45, 7) is 2.59. The van der Waals surface area contributed by atoms with Crippen molar-refractivity contribution in [2.75, 3.05) is 5.32 Å². The molecule has 1 N–H and O–H groups in total. The molecule has 0 fully saturated rings. The number of rotatable bonds is 5. The molecule has 1 amide bonds. The van der Waals surface area contributed by atoms with E-state index in [0.717, 1.165) is 11.3 Å². The highest BCUT2D eigenvalue weighted by atomic mass is 35.5. The Balaban J connectivity index is 1.66. The Kier molecular flexibility index (Phi) is 4.87. The van der Waals surface area contributed by atoms with Crippen LogP contribution in [0.1, 0.15) is 11.3 Å². The molecular weight excluding hydrogens is 349 g/mol. The quantitative estimate of drug-likeness (QED) is 0.755. The third kappa shape index (κ3) is 4.15. The van der Waals surface area contributed by atoms with Crippen LogP contribution in [0.5, 0.6) is 0 Å². The van der Waals surface area contributed by atoms with Crippen molar-refractivity contribution in [2.45, 2.75) is 20.0 Å². The Morgan fingerprint density at radius 1 is 1.25 bits per heavy atom. The normalized spacial score (nSPS) is 10.8. The van der Waals surface area contributed by atoms with E-state index in [0.29, 0.717) is 22.4 Å². The summed E-state index contributed by atoms with van der Waals surface area (Å²) >= 11 is 11.8. The predicted octanol–water partition coefficient (Wildman–Crippen LogP) is 3.38. The molecular formula is C16H15Cl2N5O. The molecule has 0 unspecified atom stereocenters. The van der Waals surface area contributed by atoms with Crippen LogP contribution in [0.2, 0.25) is 10.0 Å². The number of carbonyl (C=O) groups excluding carboxylic acids is 1. The molecule has 0 bridgehead atoms. The number of anilines is 1. The van der Waals surface area contributed by atoms with E-state index in [1.165, 1.54) is 10.9 Å². The van der Waals surface area contributed by atoms with Gasteiger partial charge in [0.1, 0.15) is 6.54 Å². The van der Waals surface area contributed by atoms with Crippen LogP contribution in [-0.2, 0) is 17.9 Å². The Bertz CT molecular complexity index is 871. The zero-order valence-electron chi connectivity index (χ0n) is 12.9. The van der Waals surface area contributed by atoms with Crippen molar-refractivity contribution in [1.29, 1.82) is 0 Å². The number of benzene rings is 1. The third-order valence-corrected chi connectivity index (χ3v) is 3.81. The van der Waals surface area contributed by atoms with Gasteiger partial charge in [0.2, 0.25) is 5.91 Å². The first-order chi connectivity index (χ1) is 11.5. The molecule has 0 spiro atoms. The summed E-state index contributed by atoms with van der Waals surface area (Å²) in [5, 5.41) is 12.3. The molecule has 6 nitrogen and oxygen atoms in total. The second-order valence-corrected chi connectivity index (χ2v) is 6.24. The van der Waals surface area contributed by atoms with Crippen LogP contribution < -0.4 is 5.32 Å². The summed E-state index contributed by atoms with van der Waals surface area (Å²) in [5.41, 5.74) is 1.98. The minimum Gasteiger partial charge on any atom is -0.308 e. The lowest BCUT2D eigenvalue weighted by molar-refractivity contribution is -0.116. The van der Waals surface area contributed by atoms with Crippen LogP contribution in [0, 0.1) is 6.92 Å². The van der Waals surface area contributed by atoms with Gasteiger partial charge in [-0.1, -0.05) is 35.3 Å². The average molecular weight is 364 g/mol. The summed E-state index contributed by atoms with van der Waals surface area (Å²) in [5.74, 6) is 0.278. The maximum atomic E-state index is 12.0. The lowest BCUT2D eigenvalue weighted by Crippen LogP contribution is -2.19. The molecule has 2 aromatic heterocycles. The van der Waals surface area contributed by atoms with Gasteiger partial charge >= 0.3 is 0 Å². The van der Waals surface area contributed by atoms with Crippen LogP contribution in [0.15, 0.2) is 42.7 Å². The van der Waals surface area contributed by atoms with E-state index in [9.17, 15) is 4.79 Å². The van der Waals surface area contributed by atoms with Gasteiger partial charge < -0.3 is 5.32 Å². The molecule has 0 radical (unpaired) electrons. The fraction of sp³-hybridized carbons (Fsp3) is 0.188. The minimum atomic E-state index is -0.220. The molecule has 124 valence electrons. The predicted molar refractivity (Wildman–Crippen MR) is 93.4 cm³/mol. The van der Waals surface area contributed by atoms with Crippen LogP contribution >= 0.6 is 23.2 Å². The van der Waals surface area contributed by atoms with E-state index in [1.54, 1.807) is 6.20 Å². The van der Waals surface area contributed by atoms with Crippen LogP contribution in [0.25, 0.3) is 0 Å². The number of hydrogen-bond donors (Lipinski definition) is 1. The smallest absolute Gasteiger partial charge is 0.247 e. The van der Waals surface area contributed by atoms with Gasteiger partial charge in [0.25, 0.3) is 0 Å². The number of halogens is 2. The van der Waals surface area contributed by atoms with Crippen LogP contribution in [0.4, 0.5) is 5.82 Å². The number of aryl methyl sites for hydroxylation is 1. The second kappa shape index (κ2) is 7.07. The highest BCUT2D eigenvalue weighted by molar-refractivity contribution is 6.30. The number of amides is 1. The zero-order valence-corrected chi connectivity index (χ0v) is 14.4. The van der Waals surface area contributed by atoms with Crippen LogP contribution in [0.3, 0.4) is 0 Å². The molecule has 0 saturated heterocycles. The SMILES string of the molecule is Cc1cc(NC(=O)Cn2cc(Cl)cn2)nn1Cc1cccc(Cl)c1. The largest absolute Gasteiger partial charge is 0.308 e. The molecule has 0 aliphatic rings. The van der Waals surface area contributed by atoms with Gasteiger partial charge in [0.05, 0.1) is 17.8 Å². The molecule has 0 aliphatic heterocycles. The lowest BCUT2D eigenvalue weighted by Gasteiger charge is -2.05. The van der Waals surface area contributed by atoms with Crippen molar-refractivity contribution in [3.8, 4) is 0 Å². The van der Waals surface area contributed by atoms with Gasteiger partial charge in [-0.25, -0.2) is 0 Å². The molecule has 8 heteroatoms. The van der Waals surface area contributed by atoms with Crippen molar-refractivity contribution in [3.63, 3.8) is 0 Å². The lowest BCUT2D eigenvalue weighted by atomic mass is 10.2. The molecule has 3 aromatic rings. The van der Waals surface area contributed by atoms with Crippen molar-refractivity contribution < 1.29 is 4.79 Å². The zero-order chi connectivity index (χ0) is 17.1. The number of nitrogens with zero attached hydrogens (tertiary/aromatic N) is 4. The highest BCUT2D eigenvalue weighted by Gasteiger charge is 2.10. The van der Waals surface area contributed by atoms with Gasteiger partial charge in [-0.3, -0.25) is 14.2 Å². The fourth-order valence-corrected chi connectivity index (χ4v) is 2.66. The van der Waals surface area contributed by atoms with E-state index in [1.807, 2.05) is 41.9 Å². The third-order valence-electron chi connectivity index (χ3n) is 3.38. The Morgan fingerprint density at radius 2 is 2.08 bits per heavy atom. The number of aromatic nitrogens is 4. The Labute approximate surface area is 149 Å². The first-order valence-corrected chi connectivity index (χ1v) is 8.02. The van der Waals surface area contributed by atoms with Crippen LogP contribution in [-0.4, -0.2) is 25.5 Å². The van der Waals surface area contributed by atoms with Gasteiger partial charge in [-0.15, -0.1) is 0 Å². The summed E-state index contributed by atoms with van der Waals surface area (Å²) < 4.78 is 3.28. The molecule has 0 atom stereocenters. The van der Waals surface area contributed by atoms with E-state index in [-0.39, 0.29) is 12.5 Å². The van der Waals surface area contributed by atoms with Gasteiger partial charge in [-0.05, 0) is 24.6 Å².